The third kappa shape index (κ3) is 3.50. The minimum absolute atomic E-state index is 0.188. The van der Waals surface area contributed by atoms with Crippen molar-refractivity contribution in [1.82, 2.24) is 29.2 Å². The first-order valence-electron chi connectivity index (χ1n) is 11.6. The van der Waals surface area contributed by atoms with Crippen molar-refractivity contribution in [2.45, 2.75) is 45.2 Å². The number of fused-ring (bicyclic) bond motifs is 2. The first-order chi connectivity index (χ1) is 16.8. The molecule has 1 aromatic carbocycles. The molecule has 0 saturated carbocycles. The van der Waals surface area contributed by atoms with E-state index in [0.717, 1.165) is 17.7 Å². The number of amides is 1. The fourth-order valence-electron chi connectivity index (χ4n) is 5.24. The number of rotatable bonds is 4. The van der Waals surface area contributed by atoms with E-state index in [-0.39, 0.29) is 23.6 Å². The maximum absolute atomic E-state index is 14.1. The van der Waals surface area contributed by atoms with Gasteiger partial charge in [-0.15, -0.1) is 0 Å². The Morgan fingerprint density at radius 3 is 2.46 bits per heavy atom. The highest BCUT2D eigenvalue weighted by molar-refractivity contribution is 6.04. The number of hydrogen-bond acceptors (Lipinski definition) is 4. The van der Waals surface area contributed by atoms with Crippen molar-refractivity contribution < 1.29 is 18.0 Å². The third-order valence-electron chi connectivity index (χ3n) is 6.87. The molecule has 182 valence electrons. The van der Waals surface area contributed by atoms with Crippen LogP contribution in [0.3, 0.4) is 0 Å². The summed E-state index contributed by atoms with van der Waals surface area (Å²) >= 11 is 0. The van der Waals surface area contributed by atoms with Gasteiger partial charge in [-0.3, -0.25) is 9.48 Å². The molecule has 0 bridgehead atoms. The van der Waals surface area contributed by atoms with Crippen LogP contribution in [0.4, 0.5) is 13.2 Å². The molecule has 0 radical (unpaired) electrons. The fourth-order valence-corrected chi connectivity index (χ4v) is 5.24. The predicted molar refractivity (Wildman–Crippen MR) is 124 cm³/mol. The van der Waals surface area contributed by atoms with Crippen molar-refractivity contribution in [1.29, 1.82) is 0 Å². The van der Waals surface area contributed by atoms with Crippen LogP contribution in [0, 0.1) is 17.5 Å². The summed E-state index contributed by atoms with van der Waals surface area (Å²) in [5.41, 5.74) is 3.22. The lowest BCUT2D eigenvalue weighted by molar-refractivity contribution is 0.0509. The molecular formula is C25H25F3N6O. The summed E-state index contributed by atoms with van der Waals surface area (Å²) in [4.78, 5) is 24.4. The molecule has 7 nitrogen and oxygen atoms in total. The fraction of sp³-hybridized carbons (Fsp3) is 0.360. The predicted octanol–water partition coefficient (Wildman–Crippen LogP) is 4.71. The van der Waals surface area contributed by atoms with Crippen molar-refractivity contribution in [3.8, 4) is 11.3 Å². The van der Waals surface area contributed by atoms with Gasteiger partial charge in [0.05, 0.1) is 22.8 Å². The van der Waals surface area contributed by atoms with Crippen LogP contribution in [0.2, 0.25) is 0 Å². The monoisotopic (exact) mass is 482 g/mol. The van der Waals surface area contributed by atoms with Crippen LogP contribution in [0.1, 0.15) is 54.5 Å². The standard InChI is InChI=1S/C25H25F3N6O/c1-5-14-11-16-21(31-33(4)23(16)13-9-17(26)20(28)18(27)10-13)19(6-2)34(14)25(35)22-15-7-8-32(3)24(15)30-12-29-22/h7-10,12,14,19H,5-6,11H2,1-4H3. The van der Waals surface area contributed by atoms with E-state index in [1.165, 1.54) is 6.33 Å². The Balaban J connectivity index is 1.64. The van der Waals surface area contributed by atoms with E-state index >= 15 is 0 Å². The first kappa shape index (κ1) is 23.1. The number of aryl methyl sites for hydroxylation is 2. The van der Waals surface area contributed by atoms with Crippen LogP contribution in [-0.2, 0) is 20.5 Å². The van der Waals surface area contributed by atoms with Gasteiger partial charge in [0.2, 0.25) is 0 Å². The van der Waals surface area contributed by atoms with Gasteiger partial charge in [0.25, 0.3) is 5.91 Å². The number of nitrogens with zero attached hydrogens (tertiary/aromatic N) is 6. The van der Waals surface area contributed by atoms with Gasteiger partial charge in [0.1, 0.15) is 17.7 Å². The maximum atomic E-state index is 14.1. The van der Waals surface area contributed by atoms with Gasteiger partial charge in [-0.25, -0.2) is 23.1 Å². The molecule has 0 aliphatic carbocycles. The molecule has 0 N–H and O–H groups in total. The summed E-state index contributed by atoms with van der Waals surface area (Å²) in [6.07, 6.45) is 4.92. The minimum Gasteiger partial charge on any atom is -0.335 e. The Morgan fingerprint density at radius 1 is 1.09 bits per heavy atom. The molecule has 0 fully saturated rings. The zero-order valence-corrected chi connectivity index (χ0v) is 19.9. The van der Waals surface area contributed by atoms with E-state index in [2.05, 4.69) is 15.1 Å². The van der Waals surface area contributed by atoms with Gasteiger partial charge >= 0.3 is 0 Å². The number of hydrogen-bond donors (Lipinski definition) is 0. The minimum atomic E-state index is -1.50. The highest BCUT2D eigenvalue weighted by atomic mass is 19.2. The smallest absolute Gasteiger partial charge is 0.274 e. The molecular weight excluding hydrogens is 457 g/mol. The van der Waals surface area contributed by atoms with E-state index in [9.17, 15) is 18.0 Å². The summed E-state index contributed by atoms with van der Waals surface area (Å²) in [6.45, 7) is 3.96. The number of carbonyl (C=O) groups is 1. The van der Waals surface area contributed by atoms with Gasteiger partial charge in [-0.05, 0) is 37.5 Å². The molecule has 10 heteroatoms. The van der Waals surface area contributed by atoms with Crippen molar-refractivity contribution in [2.24, 2.45) is 14.1 Å². The lowest BCUT2D eigenvalue weighted by Crippen LogP contribution is -2.47. The normalized spacial score (nSPS) is 17.7. The van der Waals surface area contributed by atoms with Crippen molar-refractivity contribution >= 4 is 16.9 Å². The van der Waals surface area contributed by atoms with Crippen molar-refractivity contribution in [3.63, 3.8) is 0 Å². The first-order valence-corrected chi connectivity index (χ1v) is 11.6. The molecule has 0 saturated heterocycles. The van der Waals surface area contributed by atoms with Gasteiger partial charge < -0.3 is 9.47 Å². The highest BCUT2D eigenvalue weighted by Gasteiger charge is 2.41. The average Bonchev–Trinajstić information content (AvgIpc) is 3.39. The molecule has 0 spiro atoms. The van der Waals surface area contributed by atoms with E-state index in [1.807, 2.05) is 42.6 Å². The van der Waals surface area contributed by atoms with Crippen molar-refractivity contribution in [2.75, 3.05) is 0 Å². The Kier molecular flexibility index (Phi) is 5.61. The van der Waals surface area contributed by atoms with Crippen LogP contribution < -0.4 is 0 Å². The molecule has 2 atom stereocenters. The number of carbonyl (C=O) groups excluding carboxylic acids is 1. The zero-order chi connectivity index (χ0) is 25.0. The van der Waals surface area contributed by atoms with Gasteiger partial charge in [-0.1, -0.05) is 13.8 Å². The Morgan fingerprint density at radius 2 is 1.80 bits per heavy atom. The van der Waals surface area contributed by atoms with E-state index in [0.29, 0.717) is 47.4 Å². The second kappa shape index (κ2) is 8.51. The van der Waals surface area contributed by atoms with Crippen LogP contribution in [0.15, 0.2) is 30.7 Å². The Labute approximate surface area is 200 Å². The van der Waals surface area contributed by atoms with E-state index in [1.54, 1.807) is 11.7 Å². The summed E-state index contributed by atoms with van der Waals surface area (Å²) < 4.78 is 45.1. The lowest BCUT2D eigenvalue weighted by atomic mass is 9.87. The molecule has 1 aliphatic rings. The van der Waals surface area contributed by atoms with Crippen LogP contribution in [-0.4, -0.2) is 41.2 Å². The van der Waals surface area contributed by atoms with Gasteiger partial charge in [-0.2, -0.15) is 5.10 Å². The van der Waals surface area contributed by atoms with Crippen LogP contribution in [0.25, 0.3) is 22.3 Å². The Hall–Kier alpha value is -3.69. The summed E-state index contributed by atoms with van der Waals surface area (Å²) in [5, 5.41) is 5.35. The molecule has 1 amide bonds. The summed E-state index contributed by atoms with van der Waals surface area (Å²) in [7, 11) is 3.54. The van der Waals surface area contributed by atoms with Crippen molar-refractivity contribution in [3.05, 3.63) is 65.1 Å². The van der Waals surface area contributed by atoms with E-state index < -0.39 is 17.5 Å². The molecule has 1 aliphatic heterocycles. The summed E-state index contributed by atoms with van der Waals surface area (Å²) in [6, 6.07) is 3.26. The highest BCUT2D eigenvalue weighted by Crippen LogP contribution is 2.41. The average molecular weight is 483 g/mol. The zero-order valence-electron chi connectivity index (χ0n) is 19.9. The Bertz CT molecular complexity index is 1440. The molecule has 5 rings (SSSR count). The molecule has 4 heterocycles. The second-order valence-corrected chi connectivity index (χ2v) is 8.88. The van der Waals surface area contributed by atoms with Crippen LogP contribution >= 0.6 is 0 Å². The number of halogens is 3. The largest absolute Gasteiger partial charge is 0.335 e. The molecule has 2 unspecified atom stereocenters. The summed E-state index contributed by atoms with van der Waals surface area (Å²) in [5.74, 6) is -4.22. The molecule has 35 heavy (non-hydrogen) atoms. The maximum Gasteiger partial charge on any atom is 0.274 e. The number of aromatic nitrogens is 5. The van der Waals surface area contributed by atoms with Gasteiger partial charge in [0.15, 0.2) is 17.5 Å². The van der Waals surface area contributed by atoms with E-state index in [4.69, 9.17) is 0 Å². The topological polar surface area (TPSA) is 68.8 Å². The second-order valence-electron chi connectivity index (χ2n) is 8.88. The molecule has 3 aromatic heterocycles. The molecule has 4 aromatic rings. The third-order valence-corrected chi connectivity index (χ3v) is 6.87. The SMILES string of the molecule is CCC1Cc2c(nn(C)c2-c2cc(F)c(F)c(F)c2)C(CC)N1C(=O)c1ncnc2c1ccn2C. The van der Waals surface area contributed by atoms with Gasteiger partial charge in [0, 0.05) is 37.5 Å². The van der Waals surface area contributed by atoms with Crippen LogP contribution in [0.5, 0.6) is 0 Å². The lowest BCUT2D eigenvalue weighted by Gasteiger charge is -2.41. The number of benzene rings is 1. The quantitative estimate of drug-likeness (QED) is 0.395.